The number of aromatic nitrogens is 1. The van der Waals surface area contributed by atoms with E-state index in [0.29, 0.717) is 13.1 Å². The lowest BCUT2D eigenvalue weighted by molar-refractivity contribution is 0.0263. The largest absolute Gasteiger partial charge is 0.479 e. The lowest BCUT2D eigenvalue weighted by atomic mass is 10.1. The number of amides is 1. The number of methoxy groups -OCH3 is 1. The fraction of sp³-hybridized carbons (Fsp3) is 0.412. The standard InChI is InChI=1S/C17H18F2N2O4/c1-23-11-4-3-7-21(9-11)17(22)15-8-12(25-20-15)10-24-16-13(18)5-2-6-14(16)19/h2,5-6,8,11H,3-4,7,9-10H2,1H3/t11-/m0/s1. The van der Waals surface area contributed by atoms with Crippen LogP contribution in [0.5, 0.6) is 5.75 Å². The number of carbonyl (C=O) groups excluding carboxylic acids is 1. The van der Waals surface area contributed by atoms with Crippen LogP contribution in [-0.2, 0) is 11.3 Å². The van der Waals surface area contributed by atoms with Crippen molar-refractivity contribution < 1.29 is 27.6 Å². The van der Waals surface area contributed by atoms with E-state index in [1.54, 1.807) is 12.0 Å². The summed E-state index contributed by atoms with van der Waals surface area (Å²) in [6.07, 6.45) is 1.77. The highest BCUT2D eigenvalue weighted by Crippen LogP contribution is 2.22. The molecular formula is C17H18F2N2O4. The van der Waals surface area contributed by atoms with Gasteiger partial charge in [-0.3, -0.25) is 4.79 Å². The Morgan fingerprint density at radius 3 is 2.88 bits per heavy atom. The highest BCUT2D eigenvalue weighted by molar-refractivity contribution is 5.92. The van der Waals surface area contributed by atoms with Crippen LogP contribution in [0.4, 0.5) is 8.78 Å². The van der Waals surface area contributed by atoms with Gasteiger partial charge in [-0.05, 0) is 25.0 Å². The maximum atomic E-state index is 13.5. The monoisotopic (exact) mass is 352 g/mol. The van der Waals surface area contributed by atoms with Crippen LogP contribution in [0, 0.1) is 11.6 Å². The van der Waals surface area contributed by atoms with Gasteiger partial charge in [0, 0.05) is 26.3 Å². The Morgan fingerprint density at radius 1 is 1.40 bits per heavy atom. The zero-order valence-corrected chi connectivity index (χ0v) is 13.7. The Bertz CT molecular complexity index is 730. The molecule has 1 aromatic heterocycles. The molecule has 1 aliphatic heterocycles. The molecular weight excluding hydrogens is 334 g/mol. The number of likely N-dealkylation sites (tertiary alicyclic amines) is 1. The van der Waals surface area contributed by atoms with Crippen molar-refractivity contribution in [2.75, 3.05) is 20.2 Å². The molecule has 0 saturated carbocycles. The Hall–Kier alpha value is -2.48. The van der Waals surface area contributed by atoms with Crippen molar-refractivity contribution in [3.8, 4) is 5.75 Å². The van der Waals surface area contributed by atoms with Gasteiger partial charge in [-0.25, -0.2) is 8.78 Å². The van der Waals surface area contributed by atoms with Crippen molar-refractivity contribution in [2.45, 2.75) is 25.6 Å². The smallest absolute Gasteiger partial charge is 0.276 e. The molecule has 0 aliphatic carbocycles. The van der Waals surface area contributed by atoms with E-state index in [1.807, 2.05) is 0 Å². The summed E-state index contributed by atoms with van der Waals surface area (Å²) in [5, 5.41) is 3.72. The van der Waals surface area contributed by atoms with E-state index in [-0.39, 0.29) is 30.1 Å². The molecule has 2 aromatic rings. The van der Waals surface area contributed by atoms with E-state index < -0.39 is 17.4 Å². The summed E-state index contributed by atoms with van der Waals surface area (Å²) < 4.78 is 42.5. The highest BCUT2D eigenvalue weighted by atomic mass is 19.1. The number of rotatable bonds is 5. The summed E-state index contributed by atoms with van der Waals surface area (Å²) in [4.78, 5) is 14.1. The van der Waals surface area contributed by atoms with E-state index in [0.717, 1.165) is 25.0 Å². The summed E-state index contributed by atoms with van der Waals surface area (Å²) >= 11 is 0. The van der Waals surface area contributed by atoms with Gasteiger partial charge in [-0.2, -0.15) is 0 Å². The predicted molar refractivity (Wildman–Crippen MR) is 83.1 cm³/mol. The van der Waals surface area contributed by atoms with Crippen molar-refractivity contribution in [2.24, 2.45) is 0 Å². The minimum absolute atomic E-state index is 0.0106. The quantitative estimate of drug-likeness (QED) is 0.828. The summed E-state index contributed by atoms with van der Waals surface area (Å²) in [6.45, 7) is 0.880. The lowest BCUT2D eigenvalue weighted by Gasteiger charge is -2.31. The van der Waals surface area contributed by atoms with Gasteiger partial charge in [0.25, 0.3) is 5.91 Å². The van der Waals surface area contributed by atoms with Gasteiger partial charge in [-0.15, -0.1) is 0 Å². The third kappa shape index (κ3) is 3.96. The van der Waals surface area contributed by atoms with Crippen molar-refractivity contribution in [3.63, 3.8) is 0 Å². The van der Waals surface area contributed by atoms with Crippen LogP contribution in [0.2, 0.25) is 0 Å². The Kier molecular flexibility index (Phi) is 5.28. The fourth-order valence-electron chi connectivity index (χ4n) is 2.72. The summed E-state index contributed by atoms with van der Waals surface area (Å²) in [6, 6.07) is 4.85. The van der Waals surface area contributed by atoms with E-state index in [1.165, 1.54) is 12.1 Å². The topological polar surface area (TPSA) is 64.8 Å². The molecule has 1 amide bonds. The molecule has 1 atom stereocenters. The number of benzene rings is 1. The predicted octanol–water partition coefficient (Wildman–Crippen LogP) is 2.78. The van der Waals surface area contributed by atoms with Crippen LogP contribution >= 0.6 is 0 Å². The van der Waals surface area contributed by atoms with E-state index in [2.05, 4.69) is 5.16 Å². The molecule has 25 heavy (non-hydrogen) atoms. The summed E-state index contributed by atoms with van der Waals surface area (Å²) in [5.74, 6) is -2.18. The first-order valence-corrected chi connectivity index (χ1v) is 7.93. The molecule has 1 fully saturated rings. The van der Waals surface area contributed by atoms with Crippen LogP contribution in [0.3, 0.4) is 0 Å². The molecule has 0 radical (unpaired) electrons. The number of ether oxygens (including phenoxy) is 2. The zero-order valence-electron chi connectivity index (χ0n) is 13.7. The Labute approximate surface area is 143 Å². The second-order valence-electron chi connectivity index (χ2n) is 5.77. The number of halogens is 2. The molecule has 0 spiro atoms. The number of piperidine rings is 1. The molecule has 1 aromatic carbocycles. The molecule has 134 valence electrons. The third-order valence-electron chi connectivity index (χ3n) is 4.05. The van der Waals surface area contributed by atoms with Gasteiger partial charge in [-0.1, -0.05) is 11.2 Å². The third-order valence-corrected chi connectivity index (χ3v) is 4.05. The molecule has 0 N–H and O–H groups in total. The number of carbonyl (C=O) groups is 1. The van der Waals surface area contributed by atoms with Gasteiger partial charge < -0.3 is 18.9 Å². The van der Waals surface area contributed by atoms with E-state index >= 15 is 0 Å². The molecule has 0 unspecified atom stereocenters. The molecule has 3 rings (SSSR count). The first-order valence-electron chi connectivity index (χ1n) is 7.93. The van der Waals surface area contributed by atoms with Crippen LogP contribution < -0.4 is 4.74 Å². The highest BCUT2D eigenvalue weighted by Gasteiger charge is 2.26. The lowest BCUT2D eigenvalue weighted by Crippen LogP contribution is -2.43. The van der Waals surface area contributed by atoms with Gasteiger partial charge in [0.15, 0.2) is 28.8 Å². The number of hydrogen-bond acceptors (Lipinski definition) is 5. The van der Waals surface area contributed by atoms with Crippen molar-refractivity contribution in [1.29, 1.82) is 0 Å². The maximum absolute atomic E-state index is 13.5. The SMILES string of the molecule is CO[C@H]1CCCN(C(=O)c2cc(COc3c(F)cccc3F)on2)C1. The van der Waals surface area contributed by atoms with Crippen LogP contribution in [0.1, 0.15) is 29.1 Å². The number of para-hydroxylation sites is 1. The van der Waals surface area contributed by atoms with E-state index in [9.17, 15) is 13.6 Å². The molecule has 1 saturated heterocycles. The second-order valence-corrected chi connectivity index (χ2v) is 5.77. The molecule has 8 heteroatoms. The van der Waals surface area contributed by atoms with Crippen molar-refractivity contribution >= 4 is 5.91 Å². The minimum Gasteiger partial charge on any atom is -0.479 e. The molecule has 0 bridgehead atoms. The van der Waals surface area contributed by atoms with Gasteiger partial charge in [0.05, 0.1) is 6.10 Å². The fourth-order valence-corrected chi connectivity index (χ4v) is 2.72. The first kappa shape index (κ1) is 17.3. The first-order chi connectivity index (χ1) is 12.1. The van der Waals surface area contributed by atoms with Gasteiger partial charge in [0.1, 0.15) is 6.61 Å². The Morgan fingerprint density at radius 2 is 2.16 bits per heavy atom. The zero-order chi connectivity index (χ0) is 17.8. The van der Waals surface area contributed by atoms with Crippen LogP contribution in [0.15, 0.2) is 28.8 Å². The summed E-state index contributed by atoms with van der Waals surface area (Å²) in [7, 11) is 1.62. The van der Waals surface area contributed by atoms with E-state index in [4.69, 9.17) is 14.0 Å². The van der Waals surface area contributed by atoms with Crippen LogP contribution in [-0.4, -0.2) is 42.3 Å². The average molecular weight is 352 g/mol. The number of hydrogen-bond donors (Lipinski definition) is 0. The normalized spacial score (nSPS) is 17.6. The van der Waals surface area contributed by atoms with Crippen LogP contribution in [0.25, 0.3) is 0 Å². The second kappa shape index (κ2) is 7.60. The van der Waals surface area contributed by atoms with Gasteiger partial charge in [0.2, 0.25) is 0 Å². The van der Waals surface area contributed by atoms with Crippen molar-refractivity contribution in [3.05, 3.63) is 47.4 Å². The number of nitrogens with zero attached hydrogens (tertiary/aromatic N) is 2. The average Bonchev–Trinajstić information content (AvgIpc) is 3.09. The minimum atomic E-state index is -0.810. The Balaban J connectivity index is 1.63. The van der Waals surface area contributed by atoms with Crippen molar-refractivity contribution in [1.82, 2.24) is 10.1 Å². The molecule has 6 nitrogen and oxygen atoms in total. The molecule has 2 heterocycles. The molecule has 1 aliphatic rings. The summed E-state index contributed by atoms with van der Waals surface area (Å²) in [5.41, 5.74) is 0.129. The van der Waals surface area contributed by atoms with Gasteiger partial charge >= 0.3 is 0 Å². The maximum Gasteiger partial charge on any atom is 0.276 e.